The summed E-state index contributed by atoms with van der Waals surface area (Å²) in [7, 11) is 0. The zero-order valence-corrected chi connectivity index (χ0v) is 16.7. The van der Waals surface area contributed by atoms with Crippen molar-refractivity contribution in [2.45, 2.75) is 13.0 Å². The molecule has 0 saturated carbocycles. The van der Waals surface area contributed by atoms with Crippen LogP contribution in [0, 0.1) is 0 Å². The van der Waals surface area contributed by atoms with Crippen molar-refractivity contribution in [1.29, 1.82) is 0 Å². The minimum Gasteiger partial charge on any atom is -0.376 e. The molecule has 0 spiro atoms. The van der Waals surface area contributed by atoms with Crippen LogP contribution in [0.2, 0.25) is 5.02 Å². The Bertz CT molecular complexity index is 992. The first-order chi connectivity index (χ1) is 14.0. The fourth-order valence-electron chi connectivity index (χ4n) is 2.83. The van der Waals surface area contributed by atoms with Gasteiger partial charge in [0.25, 0.3) is 5.91 Å². The fourth-order valence-corrected chi connectivity index (χ4v) is 3.02. The topological polar surface area (TPSA) is 70.2 Å². The SMILES string of the molecule is CC(NC(=O)c1cccc(NC(=O)CNc2cccc(Cl)c2)c1)c1ccccc1. The summed E-state index contributed by atoms with van der Waals surface area (Å²) in [5.74, 6) is -0.422. The van der Waals surface area contributed by atoms with Gasteiger partial charge in [-0.1, -0.05) is 54.1 Å². The van der Waals surface area contributed by atoms with Gasteiger partial charge >= 0.3 is 0 Å². The van der Waals surface area contributed by atoms with Crippen LogP contribution in [-0.4, -0.2) is 18.4 Å². The average Bonchev–Trinajstić information content (AvgIpc) is 2.73. The van der Waals surface area contributed by atoms with E-state index >= 15 is 0 Å². The summed E-state index contributed by atoms with van der Waals surface area (Å²) in [6.45, 7) is 2.02. The molecule has 6 heteroatoms. The van der Waals surface area contributed by atoms with E-state index in [1.807, 2.05) is 43.3 Å². The lowest BCUT2D eigenvalue weighted by Crippen LogP contribution is -2.27. The van der Waals surface area contributed by atoms with Crippen LogP contribution in [0.25, 0.3) is 0 Å². The summed E-state index contributed by atoms with van der Waals surface area (Å²) in [4.78, 5) is 24.8. The molecule has 0 fully saturated rings. The van der Waals surface area contributed by atoms with E-state index in [4.69, 9.17) is 11.6 Å². The van der Waals surface area contributed by atoms with Crippen LogP contribution in [0.5, 0.6) is 0 Å². The highest BCUT2D eigenvalue weighted by molar-refractivity contribution is 6.30. The van der Waals surface area contributed by atoms with E-state index in [2.05, 4.69) is 16.0 Å². The van der Waals surface area contributed by atoms with Gasteiger partial charge in [0.15, 0.2) is 0 Å². The van der Waals surface area contributed by atoms with Crippen molar-refractivity contribution in [2.75, 3.05) is 17.2 Å². The molecule has 5 nitrogen and oxygen atoms in total. The molecule has 0 radical (unpaired) electrons. The van der Waals surface area contributed by atoms with Gasteiger partial charge in [0.2, 0.25) is 5.91 Å². The van der Waals surface area contributed by atoms with E-state index in [1.165, 1.54) is 0 Å². The normalized spacial score (nSPS) is 11.4. The standard InChI is InChI=1S/C23H22ClN3O2/c1-16(17-7-3-2-4-8-17)26-23(29)18-9-5-12-21(13-18)27-22(28)15-25-20-11-6-10-19(24)14-20/h2-14,16,25H,15H2,1H3,(H,26,29)(H,27,28). The van der Waals surface area contributed by atoms with Gasteiger partial charge in [-0.3, -0.25) is 9.59 Å². The molecular formula is C23H22ClN3O2. The van der Waals surface area contributed by atoms with Gasteiger partial charge in [0.05, 0.1) is 12.6 Å². The molecule has 3 aromatic rings. The average molecular weight is 408 g/mol. The molecule has 2 amide bonds. The Morgan fingerprint density at radius 1 is 0.897 bits per heavy atom. The van der Waals surface area contributed by atoms with Crippen molar-refractivity contribution in [3.05, 3.63) is 95.0 Å². The van der Waals surface area contributed by atoms with Crippen LogP contribution in [0.1, 0.15) is 28.9 Å². The van der Waals surface area contributed by atoms with Crippen molar-refractivity contribution in [2.24, 2.45) is 0 Å². The third-order valence-corrected chi connectivity index (χ3v) is 4.57. The molecule has 0 aromatic heterocycles. The monoisotopic (exact) mass is 407 g/mol. The maximum atomic E-state index is 12.6. The lowest BCUT2D eigenvalue weighted by Gasteiger charge is -2.15. The molecule has 29 heavy (non-hydrogen) atoms. The molecule has 0 aliphatic rings. The molecule has 0 bridgehead atoms. The molecule has 3 aromatic carbocycles. The van der Waals surface area contributed by atoms with E-state index < -0.39 is 0 Å². The van der Waals surface area contributed by atoms with E-state index in [0.717, 1.165) is 11.3 Å². The Labute approximate surface area is 175 Å². The van der Waals surface area contributed by atoms with E-state index in [0.29, 0.717) is 16.3 Å². The third-order valence-electron chi connectivity index (χ3n) is 4.33. The van der Waals surface area contributed by atoms with Gasteiger partial charge in [-0.05, 0) is 48.9 Å². The second kappa shape index (κ2) is 9.75. The van der Waals surface area contributed by atoms with E-state index in [1.54, 1.807) is 42.5 Å². The highest BCUT2D eigenvalue weighted by Crippen LogP contribution is 2.16. The van der Waals surface area contributed by atoms with E-state index in [9.17, 15) is 9.59 Å². The van der Waals surface area contributed by atoms with Crippen LogP contribution in [0.3, 0.4) is 0 Å². The van der Waals surface area contributed by atoms with Crippen molar-refractivity contribution in [1.82, 2.24) is 5.32 Å². The van der Waals surface area contributed by atoms with Crippen molar-refractivity contribution in [3.8, 4) is 0 Å². The van der Waals surface area contributed by atoms with Crippen molar-refractivity contribution in [3.63, 3.8) is 0 Å². The number of benzene rings is 3. The van der Waals surface area contributed by atoms with Gasteiger partial charge in [0.1, 0.15) is 0 Å². The van der Waals surface area contributed by atoms with Gasteiger partial charge in [-0.15, -0.1) is 0 Å². The maximum Gasteiger partial charge on any atom is 0.251 e. The number of nitrogens with one attached hydrogen (secondary N) is 3. The number of hydrogen-bond donors (Lipinski definition) is 3. The van der Waals surface area contributed by atoms with Gasteiger partial charge in [-0.2, -0.15) is 0 Å². The summed E-state index contributed by atoms with van der Waals surface area (Å²) in [6, 6.07) is 23.6. The number of rotatable bonds is 7. The van der Waals surface area contributed by atoms with Crippen molar-refractivity contribution >= 4 is 34.8 Å². The Morgan fingerprint density at radius 3 is 2.38 bits per heavy atom. The number of amides is 2. The smallest absolute Gasteiger partial charge is 0.251 e. The Morgan fingerprint density at radius 2 is 1.62 bits per heavy atom. The van der Waals surface area contributed by atoms with Crippen LogP contribution in [-0.2, 0) is 4.79 Å². The lowest BCUT2D eigenvalue weighted by molar-refractivity contribution is -0.114. The maximum absolute atomic E-state index is 12.6. The zero-order valence-electron chi connectivity index (χ0n) is 16.0. The number of anilines is 2. The largest absolute Gasteiger partial charge is 0.376 e. The minimum absolute atomic E-state index is 0.0851. The summed E-state index contributed by atoms with van der Waals surface area (Å²) >= 11 is 5.93. The zero-order chi connectivity index (χ0) is 20.6. The molecule has 1 atom stereocenters. The Kier molecular flexibility index (Phi) is 6.87. The molecule has 0 aliphatic heterocycles. The fraction of sp³-hybridized carbons (Fsp3) is 0.130. The number of halogens is 1. The number of carbonyl (C=O) groups excluding carboxylic acids is 2. The highest BCUT2D eigenvalue weighted by atomic mass is 35.5. The first-order valence-electron chi connectivity index (χ1n) is 9.26. The molecule has 3 rings (SSSR count). The second-order valence-electron chi connectivity index (χ2n) is 6.60. The van der Waals surface area contributed by atoms with Crippen molar-refractivity contribution < 1.29 is 9.59 Å². The Hall–Kier alpha value is -3.31. The van der Waals surface area contributed by atoms with Crippen LogP contribution >= 0.6 is 11.6 Å². The number of carbonyl (C=O) groups is 2. The quantitative estimate of drug-likeness (QED) is 0.522. The van der Waals surface area contributed by atoms with Gasteiger partial charge in [-0.25, -0.2) is 0 Å². The van der Waals surface area contributed by atoms with Crippen LogP contribution < -0.4 is 16.0 Å². The lowest BCUT2D eigenvalue weighted by atomic mass is 10.1. The Balaban J connectivity index is 1.57. The summed E-state index contributed by atoms with van der Waals surface area (Å²) < 4.78 is 0. The molecule has 3 N–H and O–H groups in total. The second-order valence-corrected chi connectivity index (χ2v) is 7.04. The summed E-state index contributed by atoms with van der Waals surface area (Å²) in [6.07, 6.45) is 0. The first kappa shape index (κ1) is 20.4. The molecular weight excluding hydrogens is 386 g/mol. The minimum atomic E-state index is -0.222. The molecule has 0 heterocycles. The molecule has 0 aliphatic carbocycles. The molecule has 148 valence electrons. The van der Waals surface area contributed by atoms with Crippen LogP contribution in [0.4, 0.5) is 11.4 Å². The predicted molar refractivity (Wildman–Crippen MR) is 117 cm³/mol. The highest BCUT2D eigenvalue weighted by Gasteiger charge is 2.12. The third kappa shape index (κ3) is 6.09. The van der Waals surface area contributed by atoms with Gasteiger partial charge in [0, 0.05) is 22.0 Å². The predicted octanol–water partition coefficient (Wildman–Crippen LogP) is 4.88. The number of hydrogen-bond acceptors (Lipinski definition) is 3. The molecule has 1 unspecified atom stereocenters. The summed E-state index contributed by atoms with van der Waals surface area (Å²) in [5, 5.41) is 9.37. The summed E-state index contributed by atoms with van der Waals surface area (Å²) in [5.41, 5.74) is 2.82. The molecule has 0 saturated heterocycles. The van der Waals surface area contributed by atoms with Crippen LogP contribution in [0.15, 0.2) is 78.9 Å². The first-order valence-corrected chi connectivity index (χ1v) is 9.64. The van der Waals surface area contributed by atoms with E-state index in [-0.39, 0.29) is 24.4 Å². The van der Waals surface area contributed by atoms with Gasteiger partial charge < -0.3 is 16.0 Å².